The van der Waals surface area contributed by atoms with Crippen LogP contribution in [0.25, 0.3) is 0 Å². The van der Waals surface area contributed by atoms with Gasteiger partial charge in [0.25, 0.3) is 0 Å². The van der Waals surface area contributed by atoms with Gasteiger partial charge in [0, 0.05) is 32.1 Å². The Hall–Kier alpha value is -1.29. The molecule has 104 valence electrons. The third-order valence-electron chi connectivity index (χ3n) is 4.74. The maximum Gasteiger partial charge on any atom is 0.222 e. The van der Waals surface area contributed by atoms with E-state index in [2.05, 4.69) is 4.90 Å². The second-order valence-electron chi connectivity index (χ2n) is 5.98. The van der Waals surface area contributed by atoms with E-state index in [1.807, 2.05) is 24.3 Å². The zero-order chi connectivity index (χ0) is 13.3. The summed E-state index contributed by atoms with van der Waals surface area (Å²) in [6, 6.07) is 2.02. The van der Waals surface area contributed by atoms with Gasteiger partial charge in [-0.05, 0) is 38.3 Å². The van der Waals surface area contributed by atoms with Crippen LogP contribution < -0.4 is 0 Å². The molecule has 1 spiro atoms. The molecule has 1 amide bonds. The first-order chi connectivity index (χ1) is 9.20. The number of nitrogens with zero attached hydrogens (tertiary/aromatic N) is 2. The lowest BCUT2D eigenvalue weighted by Crippen LogP contribution is -2.60. The highest BCUT2D eigenvalue weighted by molar-refractivity contribution is 5.77. The number of carbonyl (C=O) groups excluding carboxylic acids is 1. The minimum atomic E-state index is 0.0807. The fraction of sp³-hybridized carbons (Fsp3) is 0.667. The minimum absolute atomic E-state index is 0.0807. The van der Waals surface area contributed by atoms with E-state index in [9.17, 15) is 4.79 Å². The summed E-state index contributed by atoms with van der Waals surface area (Å²) in [5.41, 5.74) is 1.30. The summed E-state index contributed by atoms with van der Waals surface area (Å²) in [5.74, 6) is 0.316. The molecule has 1 aromatic rings. The van der Waals surface area contributed by atoms with Crippen LogP contribution >= 0.6 is 0 Å². The van der Waals surface area contributed by atoms with Gasteiger partial charge in [-0.2, -0.15) is 0 Å². The van der Waals surface area contributed by atoms with Crippen molar-refractivity contribution in [3.05, 3.63) is 24.2 Å². The molecule has 0 N–H and O–H groups in total. The van der Waals surface area contributed by atoms with Gasteiger partial charge in [-0.15, -0.1) is 0 Å². The van der Waals surface area contributed by atoms with Crippen LogP contribution in [0, 0.1) is 0 Å². The maximum absolute atomic E-state index is 12.0. The second-order valence-corrected chi connectivity index (χ2v) is 5.98. The lowest BCUT2D eigenvalue weighted by Gasteiger charge is -2.50. The Balaban J connectivity index is 1.71. The average molecular weight is 262 g/mol. The Morgan fingerprint density at radius 2 is 2.21 bits per heavy atom. The van der Waals surface area contributed by atoms with Crippen molar-refractivity contribution < 1.29 is 9.21 Å². The van der Waals surface area contributed by atoms with Gasteiger partial charge < -0.3 is 9.32 Å². The number of hydrogen-bond acceptors (Lipinski definition) is 3. The molecular weight excluding hydrogens is 240 g/mol. The lowest BCUT2D eigenvalue weighted by atomic mass is 9.80. The monoisotopic (exact) mass is 262 g/mol. The first-order valence-electron chi connectivity index (χ1n) is 7.20. The summed E-state index contributed by atoms with van der Waals surface area (Å²) in [4.78, 5) is 16.5. The van der Waals surface area contributed by atoms with Gasteiger partial charge >= 0.3 is 0 Å². The van der Waals surface area contributed by atoms with Gasteiger partial charge in [0.15, 0.2) is 0 Å². The van der Waals surface area contributed by atoms with E-state index in [-0.39, 0.29) is 5.54 Å². The predicted molar refractivity (Wildman–Crippen MR) is 72.6 cm³/mol. The fourth-order valence-corrected chi connectivity index (χ4v) is 3.63. The SMILES string of the molecule is CN1C(=O)CCCC12CCCN(Cc1ccoc1)C2. The van der Waals surface area contributed by atoms with Gasteiger partial charge in [0.05, 0.1) is 18.1 Å². The Morgan fingerprint density at radius 3 is 3.00 bits per heavy atom. The summed E-state index contributed by atoms with van der Waals surface area (Å²) < 4.78 is 5.14. The van der Waals surface area contributed by atoms with E-state index < -0.39 is 0 Å². The predicted octanol–water partition coefficient (Wildman–Crippen LogP) is 2.26. The van der Waals surface area contributed by atoms with Crippen LogP contribution in [-0.4, -0.2) is 41.4 Å². The summed E-state index contributed by atoms with van der Waals surface area (Å²) in [6.45, 7) is 3.05. The zero-order valence-corrected chi connectivity index (χ0v) is 11.6. The number of carbonyl (C=O) groups is 1. The topological polar surface area (TPSA) is 36.7 Å². The van der Waals surface area contributed by atoms with Gasteiger partial charge in [-0.25, -0.2) is 0 Å². The van der Waals surface area contributed by atoms with Crippen LogP contribution in [0.2, 0.25) is 0 Å². The van der Waals surface area contributed by atoms with E-state index in [0.29, 0.717) is 5.91 Å². The van der Waals surface area contributed by atoms with Crippen LogP contribution in [0.5, 0.6) is 0 Å². The molecule has 0 radical (unpaired) electrons. The van der Waals surface area contributed by atoms with Crippen molar-refractivity contribution in [2.45, 2.75) is 44.2 Å². The van der Waals surface area contributed by atoms with Crippen LogP contribution in [0.3, 0.4) is 0 Å². The van der Waals surface area contributed by atoms with Crippen LogP contribution in [0.4, 0.5) is 0 Å². The van der Waals surface area contributed by atoms with Crippen molar-refractivity contribution in [3.63, 3.8) is 0 Å². The third-order valence-corrected chi connectivity index (χ3v) is 4.74. The molecule has 4 heteroatoms. The molecule has 2 aliphatic rings. The molecule has 3 heterocycles. The number of rotatable bonds is 2. The highest BCUT2D eigenvalue weighted by atomic mass is 16.3. The van der Waals surface area contributed by atoms with Gasteiger partial charge in [-0.3, -0.25) is 9.69 Å². The van der Waals surface area contributed by atoms with E-state index >= 15 is 0 Å². The van der Waals surface area contributed by atoms with Crippen LogP contribution in [-0.2, 0) is 11.3 Å². The van der Waals surface area contributed by atoms with Gasteiger partial charge in [0.2, 0.25) is 5.91 Å². The van der Waals surface area contributed by atoms with Crippen molar-refractivity contribution in [1.82, 2.24) is 9.80 Å². The fourth-order valence-electron chi connectivity index (χ4n) is 3.63. The highest BCUT2D eigenvalue weighted by Gasteiger charge is 2.42. The molecule has 1 unspecified atom stereocenters. The molecule has 3 rings (SSSR count). The first-order valence-corrected chi connectivity index (χ1v) is 7.20. The Labute approximate surface area is 114 Å². The summed E-state index contributed by atoms with van der Waals surface area (Å²) >= 11 is 0. The quantitative estimate of drug-likeness (QED) is 0.820. The molecule has 0 bridgehead atoms. The average Bonchev–Trinajstić information content (AvgIpc) is 2.89. The Kier molecular flexibility index (Phi) is 3.35. The summed E-state index contributed by atoms with van der Waals surface area (Å²) in [5, 5.41) is 0. The zero-order valence-electron chi connectivity index (χ0n) is 11.6. The number of likely N-dealkylation sites (tertiary alicyclic amines) is 2. The second kappa shape index (κ2) is 5.00. The summed E-state index contributed by atoms with van der Waals surface area (Å²) in [7, 11) is 1.99. The molecule has 1 atom stereocenters. The number of amides is 1. The summed E-state index contributed by atoms with van der Waals surface area (Å²) in [6.07, 6.45) is 8.79. The Bertz CT molecular complexity index is 439. The third kappa shape index (κ3) is 2.41. The normalized spacial score (nSPS) is 29.1. The number of likely N-dealkylation sites (N-methyl/N-ethyl adjacent to an activating group) is 1. The smallest absolute Gasteiger partial charge is 0.222 e. The van der Waals surface area contributed by atoms with Gasteiger partial charge in [-0.1, -0.05) is 0 Å². The Morgan fingerprint density at radius 1 is 1.37 bits per heavy atom. The molecule has 0 saturated carbocycles. The van der Waals surface area contributed by atoms with Crippen molar-refractivity contribution in [3.8, 4) is 0 Å². The van der Waals surface area contributed by atoms with E-state index in [1.165, 1.54) is 12.0 Å². The molecule has 0 aromatic carbocycles. The van der Waals surface area contributed by atoms with Gasteiger partial charge in [0.1, 0.15) is 0 Å². The number of hydrogen-bond donors (Lipinski definition) is 0. The molecule has 2 fully saturated rings. The van der Waals surface area contributed by atoms with Crippen molar-refractivity contribution in [1.29, 1.82) is 0 Å². The lowest BCUT2D eigenvalue weighted by molar-refractivity contribution is -0.142. The largest absolute Gasteiger partial charge is 0.472 e. The van der Waals surface area contributed by atoms with Crippen molar-refractivity contribution in [2.75, 3.05) is 20.1 Å². The molecule has 0 aliphatic carbocycles. The molecule has 4 nitrogen and oxygen atoms in total. The van der Waals surface area contributed by atoms with Crippen LogP contribution in [0.15, 0.2) is 23.0 Å². The molecule has 2 aliphatic heterocycles. The standard InChI is InChI=1S/C15H22N2O2/c1-16-14(18)4-2-6-15(16)7-3-8-17(12-15)10-13-5-9-19-11-13/h5,9,11H,2-4,6-8,10,12H2,1H3. The number of piperidine rings is 2. The molecule has 19 heavy (non-hydrogen) atoms. The molecular formula is C15H22N2O2. The van der Waals surface area contributed by atoms with Crippen molar-refractivity contribution >= 4 is 5.91 Å². The molecule has 1 aromatic heterocycles. The minimum Gasteiger partial charge on any atom is -0.472 e. The first kappa shape index (κ1) is 12.7. The molecule has 2 saturated heterocycles. The number of furan rings is 1. The highest BCUT2D eigenvalue weighted by Crippen LogP contribution is 2.36. The van der Waals surface area contributed by atoms with E-state index in [1.54, 1.807) is 6.26 Å². The van der Waals surface area contributed by atoms with Crippen LogP contribution in [0.1, 0.15) is 37.7 Å². The maximum atomic E-state index is 12.0. The van der Waals surface area contributed by atoms with E-state index in [0.717, 1.165) is 45.3 Å². The van der Waals surface area contributed by atoms with E-state index in [4.69, 9.17) is 4.42 Å². The van der Waals surface area contributed by atoms with Crippen molar-refractivity contribution in [2.24, 2.45) is 0 Å².